The van der Waals surface area contributed by atoms with Crippen LogP contribution in [0.5, 0.6) is 0 Å². The second kappa shape index (κ2) is 41.6. The molecule has 0 N–H and O–H groups in total. The summed E-state index contributed by atoms with van der Waals surface area (Å²) >= 11 is 0. The molecule has 0 heterocycles. The van der Waals surface area contributed by atoms with Gasteiger partial charge >= 0.3 is 0 Å². The fraction of sp³-hybridized carbons (Fsp3) is 1.00. The average molecular weight is 715 g/mol. The van der Waals surface area contributed by atoms with E-state index in [9.17, 15) is 0 Å². The lowest BCUT2D eigenvalue weighted by Gasteiger charge is -2.23. The van der Waals surface area contributed by atoms with Gasteiger partial charge in [-0.1, -0.05) is 244 Å². The Labute approximate surface area is 305 Å². The van der Waals surface area contributed by atoms with Crippen molar-refractivity contribution in [2.75, 3.05) is 27.7 Å². The van der Waals surface area contributed by atoms with Crippen LogP contribution in [0.4, 0.5) is 0 Å². The molecule has 0 aliphatic heterocycles. The number of quaternary nitrogens is 1. The second-order valence-electron chi connectivity index (χ2n) is 16.4. The number of nitrogens with zero attached hydrogens (tertiary/aromatic N) is 1. The fourth-order valence-corrected chi connectivity index (χ4v) is 7.20. The molecule has 0 aliphatic carbocycles. The summed E-state index contributed by atoms with van der Waals surface area (Å²) in [6.45, 7) is 3.64. The Hall–Kier alpha value is 0.440. The van der Waals surface area contributed by atoms with Crippen LogP contribution in [0.3, 0.4) is 0 Å². The lowest BCUT2D eigenvalue weighted by Crippen LogP contribution is -3.00. The fourth-order valence-electron chi connectivity index (χ4n) is 7.20. The van der Waals surface area contributed by atoms with Crippen molar-refractivity contribution < 1.29 is 21.5 Å². The third-order valence-corrected chi connectivity index (χ3v) is 10.4. The first-order valence-corrected chi connectivity index (χ1v) is 21.9. The van der Waals surface area contributed by atoms with Gasteiger partial charge in [0.05, 0.1) is 27.7 Å². The number of hydrogen-bond acceptors (Lipinski definition) is 0. The highest BCUT2D eigenvalue weighted by Crippen LogP contribution is 2.17. The quantitative estimate of drug-likeness (QED) is 0.0438. The molecule has 0 aromatic rings. The SMILES string of the molecule is CCCCCCCCCCCCCCCCCCCCCCCCCCCCCCCCCCCCCCCCC[N+](C)(C)C.[Br-]. The molecule has 0 spiro atoms. The molecule has 0 saturated carbocycles. The number of hydrogen-bond donors (Lipinski definition) is 0. The molecule has 0 aromatic carbocycles. The summed E-state index contributed by atoms with van der Waals surface area (Å²) < 4.78 is 1.12. The number of rotatable bonds is 40. The molecule has 1 nitrogen and oxygen atoms in total. The van der Waals surface area contributed by atoms with Crippen molar-refractivity contribution in [1.82, 2.24) is 0 Å². The summed E-state index contributed by atoms with van der Waals surface area (Å²) in [7, 11) is 6.93. The minimum Gasteiger partial charge on any atom is -1.00 e. The van der Waals surface area contributed by atoms with E-state index in [0.29, 0.717) is 0 Å². The van der Waals surface area contributed by atoms with Crippen LogP contribution in [-0.4, -0.2) is 32.2 Å². The van der Waals surface area contributed by atoms with E-state index in [1.807, 2.05) is 0 Å². The smallest absolute Gasteiger partial charge is 0.0780 e. The zero-order valence-electron chi connectivity index (χ0n) is 33.1. The molecule has 0 rings (SSSR count). The second-order valence-corrected chi connectivity index (χ2v) is 16.4. The Kier molecular flexibility index (Phi) is 43.9. The Morgan fingerprint density at radius 3 is 0.478 bits per heavy atom. The van der Waals surface area contributed by atoms with Gasteiger partial charge in [0, 0.05) is 0 Å². The molecule has 0 fully saturated rings. The molecule has 0 unspecified atom stereocenters. The lowest BCUT2D eigenvalue weighted by atomic mass is 10.0. The zero-order valence-corrected chi connectivity index (χ0v) is 34.7. The Morgan fingerprint density at radius 2 is 0.348 bits per heavy atom. The highest BCUT2D eigenvalue weighted by Gasteiger charge is 2.05. The van der Waals surface area contributed by atoms with Crippen LogP contribution in [0.15, 0.2) is 0 Å². The number of halogens is 1. The van der Waals surface area contributed by atoms with Gasteiger partial charge in [0.1, 0.15) is 0 Å². The molecule has 0 aromatic heterocycles. The van der Waals surface area contributed by atoms with Crippen molar-refractivity contribution in [3.63, 3.8) is 0 Å². The van der Waals surface area contributed by atoms with Crippen LogP contribution >= 0.6 is 0 Å². The Morgan fingerprint density at radius 1 is 0.217 bits per heavy atom. The van der Waals surface area contributed by atoms with Gasteiger partial charge in [0.15, 0.2) is 0 Å². The third kappa shape index (κ3) is 46.6. The molecule has 0 aliphatic rings. The molecule has 280 valence electrons. The zero-order chi connectivity index (χ0) is 32.8. The minimum absolute atomic E-state index is 0. The average Bonchev–Trinajstić information content (AvgIpc) is 3.01. The third-order valence-electron chi connectivity index (χ3n) is 10.4. The molecular weight excluding hydrogens is 622 g/mol. The molecule has 0 saturated heterocycles. The highest BCUT2D eigenvalue weighted by molar-refractivity contribution is 4.53. The first-order valence-electron chi connectivity index (χ1n) is 21.9. The molecule has 0 radical (unpaired) electrons. The molecular formula is C44H92BrN. The van der Waals surface area contributed by atoms with E-state index in [2.05, 4.69) is 28.1 Å². The van der Waals surface area contributed by atoms with Crippen molar-refractivity contribution in [3.05, 3.63) is 0 Å². The van der Waals surface area contributed by atoms with Crippen LogP contribution < -0.4 is 17.0 Å². The van der Waals surface area contributed by atoms with Crippen LogP contribution in [-0.2, 0) is 0 Å². The van der Waals surface area contributed by atoms with Crippen molar-refractivity contribution in [3.8, 4) is 0 Å². The normalized spacial score (nSPS) is 11.7. The van der Waals surface area contributed by atoms with Gasteiger partial charge in [-0.05, 0) is 12.8 Å². The van der Waals surface area contributed by atoms with Crippen molar-refractivity contribution in [2.24, 2.45) is 0 Å². The van der Waals surface area contributed by atoms with Gasteiger partial charge in [-0.25, -0.2) is 0 Å². The summed E-state index contributed by atoms with van der Waals surface area (Å²) in [6, 6.07) is 0. The van der Waals surface area contributed by atoms with E-state index in [1.54, 1.807) is 0 Å². The predicted molar refractivity (Wildman–Crippen MR) is 209 cm³/mol. The summed E-state index contributed by atoms with van der Waals surface area (Å²) in [5.41, 5.74) is 0. The van der Waals surface area contributed by atoms with E-state index >= 15 is 0 Å². The standard InChI is InChI=1S/C44H92N.BrH/c1-5-6-7-8-9-10-11-12-13-14-15-16-17-18-19-20-21-22-23-24-25-26-27-28-29-30-31-32-33-34-35-36-37-38-39-40-41-42-43-44-45(2,3)4;/h5-44H2,1-4H3;1H/q+1;/p-1. The largest absolute Gasteiger partial charge is 1.00 e. The van der Waals surface area contributed by atoms with Gasteiger partial charge < -0.3 is 21.5 Å². The van der Waals surface area contributed by atoms with Crippen LogP contribution in [0.1, 0.15) is 257 Å². The topological polar surface area (TPSA) is 0 Å². The van der Waals surface area contributed by atoms with E-state index in [4.69, 9.17) is 0 Å². The van der Waals surface area contributed by atoms with Gasteiger partial charge in [0.25, 0.3) is 0 Å². The van der Waals surface area contributed by atoms with E-state index in [-0.39, 0.29) is 17.0 Å². The molecule has 0 atom stereocenters. The lowest BCUT2D eigenvalue weighted by molar-refractivity contribution is -0.870. The van der Waals surface area contributed by atoms with E-state index in [1.165, 1.54) is 257 Å². The van der Waals surface area contributed by atoms with Gasteiger partial charge in [0.2, 0.25) is 0 Å². The van der Waals surface area contributed by atoms with Crippen molar-refractivity contribution >= 4 is 0 Å². The molecule has 0 amide bonds. The minimum atomic E-state index is 0. The van der Waals surface area contributed by atoms with Crippen molar-refractivity contribution in [1.29, 1.82) is 0 Å². The predicted octanol–water partition coefficient (Wildman–Crippen LogP) is 12.9. The molecule has 0 bridgehead atoms. The monoisotopic (exact) mass is 714 g/mol. The van der Waals surface area contributed by atoms with Crippen LogP contribution in [0.2, 0.25) is 0 Å². The summed E-state index contributed by atoms with van der Waals surface area (Å²) in [6.07, 6.45) is 57.8. The first kappa shape index (κ1) is 48.6. The Balaban J connectivity index is 0. The molecule has 2 heteroatoms. The maximum atomic E-state index is 2.31. The van der Waals surface area contributed by atoms with Gasteiger partial charge in [-0.3, -0.25) is 0 Å². The van der Waals surface area contributed by atoms with Crippen LogP contribution in [0, 0.1) is 0 Å². The van der Waals surface area contributed by atoms with Gasteiger partial charge in [-0.15, -0.1) is 0 Å². The summed E-state index contributed by atoms with van der Waals surface area (Å²) in [5, 5.41) is 0. The van der Waals surface area contributed by atoms with Crippen LogP contribution in [0.25, 0.3) is 0 Å². The summed E-state index contributed by atoms with van der Waals surface area (Å²) in [4.78, 5) is 0. The molecule has 46 heavy (non-hydrogen) atoms. The van der Waals surface area contributed by atoms with Gasteiger partial charge in [-0.2, -0.15) is 0 Å². The first-order chi connectivity index (χ1) is 22.1. The Bertz CT molecular complexity index is 513. The van der Waals surface area contributed by atoms with Crippen molar-refractivity contribution in [2.45, 2.75) is 257 Å². The van der Waals surface area contributed by atoms with E-state index < -0.39 is 0 Å². The maximum absolute atomic E-state index is 2.31. The maximum Gasteiger partial charge on any atom is 0.0780 e. The number of unbranched alkanes of at least 4 members (excludes halogenated alkanes) is 38. The van der Waals surface area contributed by atoms with E-state index in [0.717, 1.165) is 4.48 Å². The highest BCUT2D eigenvalue weighted by atomic mass is 79.9. The summed E-state index contributed by atoms with van der Waals surface area (Å²) in [5.74, 6) is 0.